The second kappa shape index (κ2) is 8.64. The maximum Gasteiger partial charge on any atom is 0.273 e. The highest BCUT2D eigenvalue weighted by molar-refractivity contribution is 6.30. The molecule has 2 aromatic carbocycles. The monoisotopic (exact) mass is 377 g/mol. The van der Waals surface area contributed by atoms with Gasteiger partial charge in [-0.05, 0) is 37.6 Å². The highest BCUT2D eigenvalue weighted by Crippen LogP contribution is 2.29. The Kier molecular flexibility index (Phi) is 6.54. The Morgan fingerprint density at radius 2 is 1.85 bits per heavy atom. The Morgan fingerprint density at radius 1 is 1.19 bits per heavy atom. The first-order valence-electron chi connectivity index (χ1n) is 7.96. The molecular formula is C18H20ClN3O4. The van der Waals surface area contributed by atoms with Crippen molar-refractivity contribution in [2.45, 2.75) is 25.9 Å². The minimum absolute atomic E-state index is 0.0632. The van der Waals surface area contributed by atoms with Crippen molar-refractivity contribution in [3.63, 3.8) is 0 Å². The Labute approximate surface area is 156 Å². The molecule has 0 unspecified atom stereocenters. The second-order valence-corrected chi connectivity index (χ2v) is 6.23. The first-order valence-corrected chi connectivity index (χ1v) is 8.34. The van der Waals surface area contributed by atoms with Crippen LogP contribution in [0.4, 0.5) is 11.4 Å². The minimum Gasteiger partial charge on any atom is -0.494 e. The molecule has 0 aliphatic carbocycles. The topological polar surface area (TPSA) is 93.5 Å². The standard InChI is InChI=1S/C18H20ClN3O4/c1-11(13-4-6-14(19)7-5-13)20-12(2)18(23)21-16-9-8-15(22(24)25)10-17(16)26-3/h4-12,20H,1-3H3,(H,21,23)/t11-,12-/m0/s1. The molecule has 0 heterocycles. The number of ether oxygens (including phenoxy) is 1. The van der Waals surface area contributed by atoms with Crippen LogP contribution in [0, 0.1) is 10.1 Å². The lowest BCUT2D eigenvalue weighted by Crippen LogP contribution is -2.39. The third-order valence-electron chi connectivity index (χ3n) is 3.92. The SMILES string of the molecule is COc1cc([N+](=O)[O-])ccc1NC(=O)[C@H](C)N[C@@H](C)c1ccc(Cl)cc1. The number of hydrogen-bond acceptors (Lipinski definition) is 5. The molecule has 2 N–H and O–H groups in total. The summed E-state index contributed by atoms with van der Waals surface area (Å²) in [7, 11) is 1.39. The summed E-state index contributed by atoms with van der Waals surface area (Å²) < 4.78 is 5.13. The quantitative estimate of drug-likeness (QED) is 0.563. The summed E-state index contributed by atoms with van der Waals surface area (Å²) in [6.07, 6.45) is 0. The zero-order chi connectivity index (χ0) is 19.3. The zero-order valence-electron chi connectivity index (χ0n) is 14.7. The van der Waals surface area contributed by atoms with Gasteiger partial charge in [0.15, 0.2) is 0 Å². The highest BCUT2D eigenvalue weighted by atomic mass is 35.5. The van der Waals surface area contributed by atoms with Crippen LogP contribution in [0.2, 0.25) is 5.02 Å². The third-order valence-corrected chi connectivity index (χ3v) is 4.17. The fourth-order valence-corrected chi connectivity index (χ4v) is 2.56. The second-order valence-electron chi connectivity index (χ2n) is 5.79. The van der Waals surface area contributed by atoms with E-state index in [-0.39, 0.29) is 23.4 Å². The van der Waals surface area contributed by atoms with Crippen LogP contribution < -0.4 is 15.4 Å². The number of methoxy groups -OCH3 is 1. The minimum atomic E-state index is -0.522. The average Bonchev–Trinajstić information content (AvgIpc) is 2.62. The molecule has 0 saturated heterocycles. The number of nitrogens with one attached hydrogen (secondary N) is 2. The molecule has 138 valence electrons. The first-order chi connectivity index (χ1) is 12.3. The predicted molar refractivity (Wildman–Crippen MR) is 101 cm³/mol. The van der Waals surface area contributed by atoms with Crippen LogP contribution >= 0.6 is 11.6 Å². The Morgan fingerprint density at radius 3 is 2.42 bits per heavy atom. The Hall–Kier alpha value is -2.64. The van der Waals surface area contributed by atoms with E-state index in [0.717, 1.165) is 5.56 Å². The van der Waals surface area contributed by atoms with E-state index in [9.17, 15) is 14.9 Å². The zero-order valence-corrected chi connectivity index (χ0v) is 15.4. The number of nitrogens with zero attached hydrogens (tertiary/aromatic N) is 1. The number of non-ortho nitro benzene ring substituents is 1. The van der Waals surface area contributed by atoms with Gasteiger partial charge in [0.1, 0.15) is 5.75 Å². The number of halogens is 1. The fraction of sp³-hybridized carbons (Fsp3) is 0.278. The molecule has 0 saturated carbocycles. The number of anilines is 1. The van der Waals surface area contributed by atoms with Gasteiger partial charge in [0.2, 0.25) is 5.91 Å². The molecule has 0 aromatic heterocycles. The molecule has 8 heteroatoms. The normalized spacial score (nSPS) is 12.9. The summed E-state index contributed by atoms with van der Waals surface area (Å²) in [4.78, 5) is 22.7. The molecule has 1 amide bonds. The van der Waals surface area contributed by atoms with Crippen molar-refractivity contribution in [1.82, 2.24) is 5.32 Å². The molecule has 2 rings (SSSR count). The van der Waals surface area contributed by atoms with Gasteiger partial charge in [-0.3, -0.25) is 20.2 Å². The lowest BCUT2D eigenvalue weighted by molar-refractivity contribution is -0.384. The van der Waals surface area contributed by atoms with Gasteiger partial charge in [0.25, 0.3) is 5.69 Å². The molecule has 7 nitrogen and oxygen atoms in total. The number of rotatable bonds is 7. The molecule has 0 aliphatic rings. The van der Waals surface area contributed by atoms with Crippen LogP contribution in [0.5, 0.6) is 5.75 Å². The van der Waals surface area contributed by atoms with E-state index in [1.807, 2.05) is 19.1 Å². The van der Waals surface area contributed by atoms with E-state index in [4.69, 9.17) is 16.3 Å². The van der Waals surface area contributed by atoms with Gasteiger partial charge < -0.3 is 10.1 Å². The van der Waals surface area contributed by atoms with Crippen molar-refractivity contribution in [3.8, 4) is 5.75 Å². The van der Waals surface area contributed by atoms with E-state index in [2.05, 4.69) is 10.6 Å². The summed E-state index contributed by atoms with van der Waals surface area (Å²) in [6.45, 7) is 3.68. The van der Waals surface area contributed by atoms with Crippen molar-refractivity contribution in [3.05, 3.63) is 63.2 Å². The molecule has 0 radical (unpaired) electrons. The van der Waals surface area contributed by atoms with Crippen molar-refractivity contribution in [2.75, 3.05) is 12.4 Å². The van der Waals surface area contributed by atoms with E-state index < -0.39 is 11.0 Å². The van der Waals surface area contributed by atoms with Crippen molar-refractivity contribution >= 4 is 28.9 Å². The largest absolute Gasteiger partial charge is 0.494 e. The van der Waals surface area contributed by atoms with Crippen LogP contribution in [0.1, 0.15) is 25.5 Å². The number of nitro benzene ring substituents is 1. The van der Waals surface area contributed by atoms with Gasteiger partial charge in [-0.2, -0.15) is 0 Å². The lowest BCUT2D eigenvalue weighted by Gasteiger charge is -2.20. The molecule has 0 fully saturated rings. The predicted octanol–water partition coefficient (Wildman–Crippen LogP) is 3.93. The van der Waals surface area contributed by atoms with E-state index in [1.54, 1.807) is 19.1 Å². The molecule has 2 aromatic rings. The average molecular weight is 378 g/mol. The van der Waals surface area contributed by atoms with Crippen LogP contribution in [0.15, 0.2) is 42.5 Å². The van der Waals surface area contributed by atoms with E-state index >= 15 is 0 Å². The van der Waals surface area contributed by atoms with Gasteiger partial charge in [0, 0.05) is 17.1 Å². The van der Waals surface area contributed by atoms with Crippen molar-refractivity contribution < 1.29 is 14.5 Å². The molecular weight excluding hydrogens is 358 g/mol. The van der Waals surface area contributed by atoms with Crippen molar-refractivity contribution in [1.29, 1.82) is 0 Å². The van der Waals surface area contributed by atoms with Crippen LogP contribution in [-0.2, 0) is 4.79 Å². The number of nitro groups is 1. The molecule has 26 heavy (non-hydrogen) atoms. The maximum atomic E-state index is 12.4. The molecule has 0 bridgehead atoms. The maximum absolute atomic E-state index is 12.4. The Bertz CT molecular complexity index is 796. The lowest BCUT2D eigenvalue weighted by atomic mass is 10.1. The summed E-state index contributed by atoms with van der Waals surface area (Å²) in [5.41, 5.74) is 1.26. The number of amides is 1. The van der Waals surface area contributed by atoms with Gasteiger partial charge in [-0.25, -0.2) is 0 Å². The molecule has 2 atom stereocenters. The van der Waals surface area contributed by atoms with Crippen LogP contribution in [-0.4, -0.2) is 24.0 Å². The van der Waals surface area contributed by atoms with E-state index in [0.29, 0.717) is 10.7 Å². The van der Waals surface area contributed by atoms with Gasteiger partial charge in [-0.15, -0.1) is 0 Å². The summed E-state index contributed by atoms with van der Waals surface area (Å²) in [5.74, 6) is -0.0523. The Balaban J connectivity index is 2.04. The van der Waals surface area contributed by atoms with Crippen LogP contribution in [0.25, 0.3) is 0 Å². The first kappa shape index (κ1) is 19.7. The number of hydrogen-bond donors (Lipinski definition) is 2. The number of carbonyl (C=O) groups is 1. The molecule has 0 aliphatic heterocycles. The van der Waals surface area contributed by atoms with E-state index in [1.165, 1.54) is 25.3 Å². The van der Waals surface area contributed by atoms with Gasteiger partial charge >= 0.3 is 0 Å². The smallest absolute Gasteiger partial charge is 0.273 e. The fourth-order valence-electron chi connectivity index (χ4n) is 2.44. The van der Waals surface area contributed by atoms with Gasteiger partial charge in [0.05, 0.1) is 29.8 Å². The number of benzene rings is 2. The highest BCUT2D eigenvalue weighted by Gasteiger charge is 2.19. The number of carbonyl (C=O) groups excluding carboxylic acids is 1. The molecule has 0 spiro atoms. The van der Waals surface area contributed by atoms with Crippen molar-refractivity contribution in [2.24, 2.45) is 0 Å². The summed E-state index contributed by atoms with van der Waals surface area (Å²) >= 11 is 5.88. The third kappa shape index (κ3) is 4.93. The van der Waals surface area contributed by atoms with Crippen LogP contribution in [0.3, 0.4) is 0 Å². The van der Waals surface area contributed by atoms with Gasteiger partial charge in [-0.1, -0.05) is 23.7 Å². The summed E-state index contributed by atoms with van der Waals surface area (Å²) in [6, 6.07) is 10.8. The summed E-state index contributed by atoms with van der Waals surface area (Å²) in [5, 5.41) is 17.4.